The van der Waals surface area contributed by atoms with E-state index in [2.05, 4.69) is 79.8 Å². The monoisotopic (exact) mass is 1040 g/mol. The van der Waals surface area contributed by atoms with Crippen LogP contribution in [-0.2, 0) is 76.7 Å². The molecule has 73 heavy (non-hydrogen) atoms. The molecule has 408 valence electrons. The van der Waals surface area contributed by atoms with Gasteiger partial charge in [-0.1, -0.05) is 0 Å². The fourth-order valence-corrected chi connectivity index (χ4v) is 5.07. The Morgan fingerprint density at radius 1 is 0.274 bits per heavy atom. The van der Waals surface area contributed by atoms with E-state index in [1.165, 1.54) is 55.4 Å². The highest BCUT2D eigenvalue weighted by Crippen LogP contribution is 1.90. The van der Waals surface area contributed by atoms with Crippen molar-refractivity contribution in [3.8, 4) is 0 Å². The number of carbonyl (C=O) groups is 16. The van der Waals surface area contributed by atoms with Gasteiger partial charge in [-0.15, -0.1) is 0 Å². The Bertz CT molecular complexity index is 2090. The second kappa shape index (κ2) is 33.1. The van der Waals surface area contributed by atoms with Gasteiger partial charge in [0.1, 0.15) is 48.8 Å². The highest BCUT2D eigenvalue weighted by molar-refractivity contribution is 5.97. The van der Waals surface area contributed by atoms with Crippen LogP contribution in [0.1, 0.15) is 55.4 Å². The van der Waals surface area contributed by atoms with Crippen molar-refractivity contribution in [1.29, 1.82) is 0 Å². The SMILES string of the molecule is C[C@H](N)C(=O)NCC(=O)N[C@@H](C)C(=O)NCC(=O)N[C@@H](C)C(=O)NCC(=O)N[C@@H](C)C(=O)NCC(=O)N[C@@H](C)C(=O)NCC(=O)N[C@@H](C)C(=O)NCC(=O)N[C@@H](C)C(=O)NCC(=O)N[C@@H](C)C(=O)NCC(=O)O. The summed E-state index contributed by atoms with van der Waals surface area (Å²) >= 11 is 0. The van der Waals surface area contributed by atoms with E-state index in [0.717, 1.165) is 0 Å². The first-order valence-corrected chi connectivity index (χ1v) is 22.2. The van der Waals surface area contributed by atoms with Gasteiger partial charge in [0.05, 0.1) is 51.9 Å². The van der Waals surface area contributed by atoms with Gasteiger partial charge in [-0.05, 0) is 55.4 Å². The number of nitrogens with two attached hydrogens (primary N) is 1. The topological polar surface area (TPSA) is 500 Å². The minimum absolute atomic E-state index is 0.435. The summed E-state index contributed by atoms with van der Waals surface area (Å²) in [6, 6.07) is -9.08. The molecule has 0 aliphatic heterocycles. The van der Waals surface area contributed by atoms with Crippen LogP contribution in [-0.4, -0.2) is 200 Å². The zero-order valence-electron chi connectivity index (χ0n) is 41.3. The molecule has 8 atom stereocenters. The standard InChI is InChI=1S/C40H66N16O17/c1-17(41)33(66)42-9-25(57)50-18(2)34(67)43-10-26(58)51-19(3)35(68)44-11-27(59)52-20(4)36(69)45-12-28(60)53-21(5)37(70)46-13-29(61)54-22(6)38(71)47-14-30(62)55-23(7)39(72)48-15-31(63)56-24(8)40(73)49-16-32(64)65/h17-24H,9-16,41H2,1-8H3,(H,42,66)(H,43,67)(H,44,68)(H,45,69)(H,46,70)(H,47,71)(H,48,72)(H,49,73)(H,50,57)(H,51,58)(H,52,59)(H,53,60)(H,54,61)(H,55,62)(H,56,63)(H,64,65)/t17-,18-,19-,20-,21-,22-,23-,24-/m0/s1. The van der Waals surface area contributed by atoms with Crippen molar-refractivity contribution in [3.63, 3.8) is 0 Å². The molecule has 33 nitrogen and oxygen atoms in total. The van der Waals surface area contributed by atoms with Gasteiger partial charge in [-0.25, -0.2) is 0 Å². The Kier molecular flexibility index (Phi) is 29.3. The number of aliphatic carboxylic acids is 1. The molecule has 0 heterocycles. The molecule has 0 unspecified atom stereocenters. The summed E-state index contributed by atoms with van der Waals surface area (Å²) in [4.78, 5) is 194. The van der Waals surface area contributed by atoms with Crippen molar-refractivity contribution in [3.05, 3.63) is 0 Å². The van der Waals surface area contributed by atoms with Crippen LogP contribution in [0.4, 0.5) is 0 Å². The number of carboxylic acid groups (broad SMARTS) is 1. The zero-order valence-corrected chi connectivity index (χ0v) is 41.3. The number of hydrogen-bond donors (Lipinski definition) is 17. The molecule has 0 saturated heterocycles. The molecule has 0 spiro atoms. The Balaban J connectivity index is 4.51. The molecular weight excluding hydrogens is 977 g/mol. The molecule has 0 radical (unpaired) electrons. The van der Waals surface area contributed by atoms with E-state index in [0.29, 0.717) is 0 Å². The molecule has 0 aliphatic carbocycles. The van der Waals surface area contributed by atoms with E-state index >= 15 is 0 Å². The third-order valence-corrected chi connectivity index (χ3v) is 9.19. The van der Waals surface area contributed by atoms with Gasteiger partial charge >= 0.3 is 5.97 Å². The Hall–Kier alpha value is -8.52. The van der Waals surface area contributed by atoms with E-state index in [1.54, 1.807) is 0 Å². The highest BCUT2D eigenvalue weighted by atomic mass is 16.4. The van der Waals surface area contributed by atoms with Gasteiger partial charge in [-0.3, -0.25) is 76.7 Å². The van der Waals surface area contributed by atoms with Crippen LogP contribution >= 0.6 is 0 Å². The van der Waals surface area contributed by atoms with E-state index in [-0.39, 0.29) is 0 Å². The van der Waals surface area contributed by atoms with Crippen molar-refractivity contribution < 1.29 is 81.8 Å². The van der Waals surface area contributed by atoms with Crippen LogP contribution in [0, 0.1) is 0 Å². The third-order valence-electron chi connectivity index (χ3n) is 9.19. The van der Waals surface area contributed by atoms with Crippen LogP contribution in [0.2, 0.25) is 0 Å². The minimum atomic E-state index is -1.29. The summed E-state index contributed by atoms with van der Waals surface area (Å²) in [5.74, 6) is -13.1. The lowest BCUT2D eigenvalue weighted by Crippen LogP contribution is -2.54. The summed E-state index contributed by atoms with van der Waals surface area (Å²) in [5.41, 5.74) is 5.38. The molecule has 0 saturated carbocycles. The predicted octanol–water partition coefficient (Wildman–Crippen LogP) is -11.1. The minimum Gasteiger partial charge on any atom is -0.480 e. The summed E-state index contributed by atoms with van der Waals surface area (Å²) in [6.45, 7) is 5.55. The van der Waals surface area contributed by atoms with Gasteiger partial charge in [0.15, 0.2) is 0 Å². The number of carboxylic acids is 1. The first kappa shape index (κ1) is 64.5. The van der Waals surface area contributed by atoms with Crippen LogP contribution in [0.25, 0.3) is 0 Å². The molecule has 0 bridgehead atoms. The molecule has 0 aliphatic rings. The van der Waals surface area contributed by atoms with E-state index in [9.17, 15) is 76.7 Å². The third kappa shape index (κ3) is 28.7. The number of amides is 15. The Morgan fingerprint density at radius 2 is 0.411 bits per heavy atom. The van der Waals surface area contributed by atoms with Crippen LogP contribution in [0.5, 0.6) is 0 Å². The Labute approximate surface area is 417 Å². The largest absolute Gasteiger partial charge is 0.480 e. The average molecular weight is 1040 g/mol. The van der Waals surface area contributed by atoms with Crippen LogP contribution in [0.15, 0.2) is 0 Å². The second-order valence-corrected chi connectivity index (χ2v) is 15.9. The van der Waals surface area contributed by atoms with Gasteiger partial charge in [0.2, 0.25) is 88.6 Å². The number of hydrogen-bond acceptors (Lipinski definition) is 17. The molecule has 15 amide bonds. The normalized spacial score (nSPS) is 13.7. The highest BCUT2D eigenvalue weighted by Gasteiger charge is 2.25. The smallest absolute Gasteiger partial charge is 0.322 e. The van der Waals surface area contributed by atoms with Gasteiger partial charge in [0, 0.05) is 0 Å². The van der Waals surface area contributed by atoms with Gasteiger partial charge < -0.3 is 90.6 Å². The van der Waals surface area contributed by atoms with Crippen molar-refractivity contribution in [2.45, 2.75) is 104 Å². The molecule has 0 fully saturated rings. The van der Waals surface area contributed by atoms with Crippen molar-refractivity contribution in [2.75, 3.05) is 52.4 Å². The zero-order chi connectivity index (χ0) is 56.1. The quantitative estimate of drug-likeness (QED) is 0.0307. The summed E-state index contributed by atoms with van der Waals surface area (Å²) in [5, 5.41) is 42.4. The van der Waals surface area contributed by atoms with Crippen LogP contribution in [0.3, 0.4) is 0 Å². The molecular formula is C40H66N16O17. The number of nitrogens with one attached hydrogen (secondary N) is 15. The second-order valence-electron chi connectivity index (χ2n) is 15.9. The van der Waals surface area contributed by atoms with Crippen LogP contribution < -0.4 is 85.5 Å². The van der Waals surface area contributed by atoms with E-state index in [1.807, 2.05) is 0 Å². The predicted molar refractivity (Wildman–Crippen MR) is 249 cm³/mol. The first-order valence-electron chi connectivity index (χ1n) is 22.2. The number of rotatable bonds is 31. The summed E-state index contributed by atoms with van der Waals surface area (Å²) < 4.78 is 0. The average Bonchev–Trinajstić information content (AvgIpc) is 3.31. The molecule has 33 heteroatoms. The Morgan fingerprint density at radius 3 is 0.548 bits per heavy atom. The van der Waals surface area contributed by atoms with Crippen molar-refractivity contribution >= 4 is 94.6 Å². The lowest BCUT2D eigenvalue weighted by molar-refractivity contribution is -0.138. The van der Waals surface area contributed by atoms with Gasteiger partial charge in [0.25, 0.3) is 0 Å². The molecule has 0 aromatic rings. The summed E-state index contributed by atoms with van der Waals surface area (Å²) in [6.07, 6.45) is 0. The van der Waals surface area contributed by atoms with E-state index in [4.69, 9.17) is 10.8 Å². The molecule has 0 aromatic carbocycles. The number of carbonyl (C=O) groups excluding carboxylic acids is 15. The first-order chi connectivity index (χ1) is 33.9. The maximum atomic E-state index is 12.5. The fraction of sp³-hybridized carbons (Fsp3) is 0.600. The van der Waals surface area contributed by atoms with Crippen molar-refractivity contribution in [1.82, 2.24) is 79.8 Å². The maximum absolute atomic E-state index is 12.5. The lowest BCUT2D eigenvalue weighted by Gasteiger charge is -2.18. The summed E-state index contributed by atoms with van der Waals surface area (Å²) in [7, 11) is 0. The fourth-order valence-electron chi connectivity index (χ4n) is 5.07. The lowest BCUT2D eigenvalue weighted by atomic mass is 10.2. The maximum Gasteiger partial charge on any atom is 0.322 e. The molecule has 18 N–H and O–H groups in total. The van der Waals surface area contributed by atoms with E-state index < -0.39 is 195 Å². The van der Waals surface area contributed by atoms with Crippen molar-refractivity contribution in [2.24, 2.45) is 5.73 Å². The molecule has 0 aromatic heterocycles. The molecule has 0 rings (SSSR count). The van der Waals surface area contributed by atoms with Gasteiger partial charge in [-0.2, -0.15) is 0 Å².